The first-order valence-corrected chi connectivity index (χ1v) is 10.3. The van der Waals surface area contributed by atoms with Gasteiger partial charge in [0.2, 0.25) is 0 Å². The van der Waals surface area contributed by atoms with Gasteiger partial charge in [-0.15, -0.1) is 0 Å². The van der Waals surface area contributed by atoms with Crippen molar-refractivity contribution in [2.75, 3.05) is 6.61 Å². The van der Waals surface area contributed by atoms with E-state index in [9.17, 15) is 0 Å². The van der Waals surface area contributed by atoms with Gasteiger partial charge in [0.25, 0.3) is 0 Å². The molecule has 1 aromatic rings. The lowest BCUT2D eigenvalue weighted by Crippen LogP contribution is -2.15. The molecule has 0 bridgehead atoms. The first kappa shape index (κ1) is 14.0. The highest BCUT2D eigenvalue weighted by atomic mass is 79.9. The van der Waals surface area contributed by atoms with Crippen LogP contribution in [0, 0.1) is 0 Å². The zero-order valence-electron chi connectivity index (χ0n) is 9.76. The van der Waals surface area contributed by atoms with Crippen molar-refractivity contribution in [3.63, 3.8) is 0 Å². The largest absolute Gasteiger partial charge is 0.488 e. The Morgan fingerprint density at radius 2 is 1.94 bits per heavy atom. The van der Waals surface area contributed by atoms with Crippen LogP contribution in [0.25, 0.3) is 0 Å². The van der Waals surface area contributed by atoms with Crippen molar-refractivity contribution in [3.8, 4) is 5.75 Å². The van der Waals surface area contributed by atoms with E-state index in [0.29, 0.717) is 6.61 Å². The van der Waals surface area contributed by atoms with Crippen LogP contribution in [0.1, 0.15) is 0 Å². The molecule has 88 valence electrons. The van der Waals surface area contributed by atoms with E-state index < -0.39 is 8.07 Å². The number of hydrogen-bond donors (Lipinski definition) is 0. The Morgan fingerprint density at radius 1 is 1.25 bits per heavy atom. The minimum atomic E-state index is -1.10. The molecule has 0 saturated carbocycles. The molecule has 0 saturated heterocycles. The average Bonchev–Trinajstić information content (AvgIpc) is 2.13. The highest BCUT2D eigenvalue weighted by Gasteiger charge is 2.06. The van der Waals surface area contributed by atoms with Crippen LogP contribution in [-0.2, 0) is 0 Å². The molecular weight excluding hydrogens is 348 g/mol. The van der Waals surface area contributed by atoms with Crippen LogP contribution in [0.15, 0.2) is 38.9 Å². The Bertz CT molecular complexity index is 383. The minimum Gasteiger partial charge on any atom is -0.488 e. The van der Waals surface area contributed by atoms with E-state index in [1.807, 2.05) is 18.2 Å². The van der Waals surface area contributed by atoms with E-state index in [1.165, 1.54) is 0 Å². The number of benzene rings is 1. The fourth-order valence-corrected chi connectivity index (χ4v) is 3.10. The van der Waals surface area contributed by atoms with Gasteiger partial charge in [0.05, 0.1) is 12.5 Å². The predicted molar refractivity (Wildman–Crippen MR) is 79.8 cm³/mol. The lowest BCUT2D eigenvalue weighted by Gasteiger charge is -2.09. The van der Waals surface area contributed by atoms with Gasteiger partial charge in [-0.3, -0.25) is 0 Å². The van der Waals surface area contributed by atoms with Gasteiger partial charge >= 0.3 is 0 Å². The van der Waals surface area contributed by atoms with Crippen LogP contribution in [-0.4, -0.2) is 14.7 Å². The van der Waals surface area contributed by atoms with Gasteiger partial charge in [-0.2, -0.15) is 0 Å². The first-order valence-electron chi connectivity index (χ1n) is 5.14. The van der Waals surface area contributed by atoms with Crippen LogP contribution in [0.5, 0.6) is 5.75 Å². The molecule has 4 heteroatoms. The van der Waals surface area contributed by atoms with Gasteiger partial charge in [0.1, 0.15) is 12.4 Å². The van der Waals surface area contributed by atoms with Crippen LogP contribution in [0.2, 0.25) is 19.6 Å². The van der Waals surface area contributed by atoms with E-state index in [-0.39, 0.29) is 0 Å². The molecule has 0 aromatic heterocycles. The predicted octanol–water partition coefficient (Wildman–Crippen LogP) is 5.02. The standard InChI is InChI=1S/C12H16Br2OSi/c1-16(2,3)8-4-7-15-12-6-5-10(13)9-11(12)14/h4-6,8-9H,7H2,1-3H3/b8-4+. The van der Waals surface area contributed by atoms with Crippen LogP contribution < -0.4 is 4.74 Å². The second-order valence-corrected chi connectivity index (χ2v) is 11.5. The maximum Gasteiger partial charge on any atom is 0.134 e. The van der Waals surface area contributed by atoms with Crippen LogP contribution in [0.3, 0.4) is 0 Å². The van der Waals surface area contributed by atoms with Crippen molar-refractivity contribution in [2.45, 2.75) is 19.6 Å². The fourth-order valence-electron chi connectivity index (χ4n) is 1.13. The maximum atomic E-state index is 5.65. The summed E-state index contributed by atoms with van der Waals surface area (Å²) in [5.41, 5.74) is 2.29. The van der Waals surface area contributed by atoms with E-state index in [2.05, 4.69) is 63.3 Å². The molecule has 1 rings (SSSR count). The molecule has 1 aromatic carbocycles. The third-order valence-electron chi connectivity index (χ3n) is 1.85. The summed E-state index contributed by atoms with van der Waals surface area (Å²) >= 11 is 6.88. The number of halogens is 2. The fraction of sp³-hybridized carbons (Fsp3) is 0.333. The minimum absolute atomic E-state index is 0.629. The Labute approximate surface area is 115 Å². The zero-order valence-corrected chi connectivity index (χ0v) is 13.9. The molecular formula is C12H16Br2OSi. The Hall–Kier alpha value is -0.0631. The number of rotatable bonds is 4. The molecule has 0 heterocycles. The van der Waals surface area contributed by atoms with E-state index in [0.717, 1.165) is 14.7 Å². The Kier molecular flexibility index (Phi) is 5.28. The summed E-state index contributed by atoms with van der Waals surface area (Å²) in [5, 5.41) is 0. The van der Waals surface area contributed by atoms with Crippen molar-refractivity contribution in [1.82, 2.24) is 0 Å². The molecule has 0 fully saturated rings. The third-order valence-corrected chi connectivity index (χ3v) is 4.20. The smallest absolute Gasteiger partial charge is 0.134 e. The average molecular weight is 364 g/mol. The molecule has 16 heavy (non-hydrogen) atoms. The van der Waals surface area contributed by atoms with Gasteiger partial charge in [0, 0.05) is 4.47 Å². The highest BCUT2D eigenvalue weighted by molar-refractivity contribution is 9.11. The number of hydrogen-bond acceptors (Lipinski definition) is 1. The number of ether oxygens (including phenoxy) is 1. The summed E-state index contributed by atoms with van der Waals surface area (Å²) in [4.78, 5) is 0. The van der Waals surface area contributed by atoms with Crippen molar-refractivity contribution >= 4 is 39.9 Å². The van der Waals surface area contributed by atoms with Crippen molar-refractivity contribution in [3.05, 3.63) is 38.9 Å². The van der Waals surface area contributed by atoms with E-state index >= 15 is 0 Å². The SMILES string of the molecule is C[Si](C)(C)/C=C/COc1ccc(Br)cc1Br. The van der Waals surface area contributed by atoms with E-state index in [1.54, 1.807) is 0 Å². The topological polar surface area (TPSA) is 9.23 Å². The molecule has 0 aliphatic heterocycles. The normalized spacial score (nSPS) is 12.1. The summed E-state index contributed by atoms with van der Waals surface area (Å²) < 4.78 is 7.68. The molecule has 1 nitrogen and oxygen atoms in total. The van der Waals surface area contributed by atoms with Gasteiger partial charge < -0.3 is 4.74 Å². The highest BCUT2D eigenvalue weighted by Crippen LogP contribution is 2.28. The molecule has 0 atom stereocenters. The van der Waals surface area contributed by atoms with Crippen LogP contribution in [0.4, 0.5) is 0 Å². The summed E-state index contributed by atoms with van der Waals surface area (Å²) in [5.74, 6) is 0.878. The van der Waals surface area contributed by atoms with Gasteiger partial charge in [-0.05, 0) is 34.1 Å². The maximum absolute atomic E-state index is 5.65. The second kappa shape index (κ2) is 6.03. The van der Waals surface area contributed by atoms with Crippen molar-refractivity contribution < 1.29 is 4.74 Å². The summed E-state index contributed by atoms with van der Waals surface area (Å²) in [6.45, 7) is 7.54. The van der Waals surface area contributed by atoms with Gasteiger partial charge in [-0.1, -0.05) is 47.3 Å². The molecule has 0 radical (unpaired) electrons. The lowest BCUT2D eigenvalue weighted by atomic mass is 10.3. The molecule has 0 spiro atoms. The van der Waals surface area contributed by atoms with Gasteiger partial charge in [0.15, 0.2) is 0 Å². The van der Waals surface area contributed by atoms with E-state index in [4.69, 9.17) is 4.74 Å². The monoisotopic (exact) mass is 362 g/mol. The first-order chi connectivity index (χ1) is 7.38. The Morgan fingerprint density at radius 3 is 2.50 bits per heavy atom. The molecule has 0 aliphatic carbocycles. The van der Waals surface area contributed by atoms with Gasteiger partial charge in [-0.25, -0.2) is 0 Å². The Balaban J connectivity index is 2.53. The van der Waals surface area contributed by atoms with Crippen molar-refractivity contribution in [2.24, 2.45) is 0 Å². The molecule has 0 aliphatic rings. The summed E-state index contributed by atoms with van der Waals surface area (Å²) in [6.07, 6.45) is 2.11. The molecule has 0 amide bonds. The summed E-state index contributed by atoms with van der Waals surface area (Å²) in [6, 6.07) is 5.91. The second-order valence-electron chi connectivity index (χ2n) is 4.65. The zero-order chi connectivity index (χ0) is 12.2. The lowest BCUT2D eigenvalue weighted by molar-refractivity contribution is 0.360. The third kappa shape index (κ3) is 5.32. The summed E-state index contributed by atoms with van der Waals surface area (Å²) in [7, 11) is -1.10. The van der Waals surface area contributed by atoms with Crippen molar-refractivity contribution in [1.29, 1.82) is 0 Å². The molecule has 0 unspecified atom stereocenters. The molecule has 0 N–H and O–H groups in total. The quantitative estimate of drug-likeness (QED) is 0.682. The van der Waals surface area contributed by atoms with Crippen LogP contribution >= 0.6 is 31.9 Å².